The van der Waals surface area contributed by atoms with E-state index in [9.17, 15) is 9.59 Å². The monoisotopic (exact) mass is 518 g/mol. The fraction of sp³-hybridized carbons (Fsp3) is 0.357. The molecule has 3 heterocycles. The molecule has 1 saturated heterocycles. The third-order valence-electron chi connectivity index (χ3n) is 7.15. The van der Waals surface area contributed by atoms with Crippen LogP contribution in [0.15, 0.2) is 48.8 Å². The zero-order chi connectivity index (χ0) is 26.8. The van der Waals surface area contributed by atoms with Crippen molar-refractivity contribution in [3.63, 3.8) is 0 Å². The summed E-state index contributed by atoms with van der Waals surface area (Å²) in [5.41, 5.74) is 2.70. The number of halogens is 1. The summed E-state index contributed by atoms with van der Waals surface area (Å²) in [4.78, 5) is 32.0. The number of carbonyl (C=O) groups is 2. The lowest BCUT2D eigenvalue weighted by atomic mass is 9.86. The summed E-state index contributed by atoms with van der Waals surface area (Å²) < 4.78 is 23.4. The number of hydrogen-bond acceptors (Lipinski definition) is 5. The van der Waals surface area contributed by atoms with Crippen molar-refractivity contribution in [3.05, 3.63) is 65.9 Å². The number of amides is 2. The third-order valence-corrected chi connectivity index (χ3v) is 7.15. The SMILES string of the molecule is COc1ccccc1-c1cc([C@@H]2CCCN(C(=O)CCn3ccnn3)C2)c(F)c2[nH]c(C(=O)N(C)C)cc12. The minimum absolute atomic E-state index is 0.00961. The molecular formula is C28H31FN6O3. The largest absolute Gasteiger partial charge is 0.496 e. The van der Waals surface area contributed by atoms with Gasteiger partial charge < -0.3 is 19.5 Å². The van der Waals surface area contributed by atoms with E-state index in [0.717, 1.165) is 24.0 Å². The van der Waals surface area contributed by atoms with Crippen molar-refractivity contribution in [3.8, 4) is 16.9 Å². The predicted octanol–water partition coefficient (Wildman–Crippen LogP) is 4.07. The highest BCUT2D eigenvalue weighted by atomic mass is 19.1. The van der Waals surface area contributed by atoms with Gasteiger partial charge in [0, 0.05) is 56.7 Å². The van der Waals surface area contributed by atoms with Crippen molar-refractivity contribution in [2.75, 3.05) is 34.3 Å². The molecule has 0 radical (unpaired) electrons. The van der Waals surface area contributed by atoms with E-state index in [4.69, 9.17) is 4.74 Å². The fourth-order valence-electron chi connectivity index (χ4n) is 5.20. The Bertz CT molecular complexity index is 1460. The zero-order valence-electron chi connectivity index (χ0n) is 21.8. The summed E-state index contributed by atoms with van der Waals surface area (Å²) in [5.74, 6) is -0.154. The predicted molar refractivity (Wildman–Crippen MR) is 141 cm³/mol. The number of benzene rings is 2. The number of aromatic nitrogens is 4. The molecular weight excluding hydrogens is 487 g/mol. The van der Waals surface area contributed by atoms with Gasteiger partial charge in [-0.2, -0.15) is 0 Å². The lowest BCUT2D eigenvalue weighted by Gasteiger charge is -2.33. The van der Waals surface area contributed by atoms with Crippen LogP contribution in [0.5, 0.6) is 5.75 Å². The normalized spacial score (nSPS) is 15.6. The van der Waals surface area contributed by atoms with Crippen LogP contribution in [-0.2, 0) is 11.3 Å². The highest BCUT2D eigenvalue weighted by Gasteiger charge is 2.29. The summed E-state index contributed by atoms with van der Waals surface area (Å²) in [5, 5.41) is 8.31. The van der Waals surface area contributed by atoms with Crippen LogP contribution in [0.1, 0.15) is 41.2 Å². The van der Waals surface area contributed by atoms with Crippen LogP contribution in [0.25, 0.3) is 22.0 Å². The molecule has 4 aromatic rings. The smallest absolute Gasteiger partial charge is 0.269 e. The molecule has 0 saturated carbocycles. The molecule has 2 amide bonds. The fourth-order valence-corrected chi connectivity index (χ4v) is 5.20. The van der Waals surface area contributed by atoms with Crippen molar-refractivity contribution in [2.24, 2.45) is 0 Å². The maximum absolute atomic E-state index is 16.2. The van der Waals surface area contributed by atoms with Crippen LogP contribution in [0.4, 0.5) is 4.39 Å². The van der Waals surface area contributed by atoms with Gasteiger partial charge in [-0.15, -0.1) is 5.10 Å². The second-order valence-corrected chi connectivity index (χ2v) is 9.79. The number of likely N-dealkylation sites (tertiary alicyclic amines) is 1. The van der Waals surface area contributed by atoms with Crippen LogP contribution in [0, 0.1) is 5.82 Å². The van der Waals surface area contributed by atoms with Gasteiger partial charge in [-0.25, -0.2) is 4.39 Å². The molecule has 0 aliphatic carbocycles. The highest BCUT2D eigenvalue weighted by Crippen LogP contribution is 2.41. The number of nitrogens with one attached hydrogen (secondary N) is 1. The Balaban J connectivity index is 1.53. The second-order valence-electron chi connectivity index (χ2n) is 9.79. The van der Waals surface area contributed by atoms with Crippen molar-refractivity contribution in [1.82, 2.24) is 29.8 Å². The van der Waals surface area contributed by atoms with E-state index in [1.807, 2.05) is 35.2 Å². The molecule has 5 rings (SSSR count). The molecule has 1 aliphatic heterocycles. The zero-order valence-corrected chi connectivity index (χ0v) is 21.8. The van der Waals surface area contributed by atoms with Gasteiger partial charge in [-0.3, -0.25) is 14.3 Å². The second kappa shape index (κ2) is 10.6. The van der Waals surface area contributed by atoms with Crippen molar-refractivity contribution in [2.45, 2.75) is 31.7 Å². The van der Waals surface area contributed by atoms with Gasteiger partial charge in [0.1, 0.15) is 11.4 Å². The number of rotatable bonds is 7. The maximum Gasteiger partial charge on any atom is 0.269 e. The Morgan fingerprint density at radius 3 is 2.76 bits per heavy atom. The number of methoxy groups -OCH3 is 1. The molecule has 10 heteroatoms. The molecule has 0 unspecified atom stereocenters. The van der Waals surface area contributed by atoms with E-state index < -0.39 is 5.82 Å². The Morgan fingerprint density at radius 1 is 1.21 bits per heavy atom. The standard InChI is InChI=1S/C28H31FN6O3/c1-33(2)28(37)23-16-22-21(19-8-4-5-9-24(19)38-3)15-20(26(29)27(22)31-23)18-7-6-12-34(17-18)25(36)10-13-35-14-11-30-32-35/h4-5,8-9,11,14-16,18,31H,6-7,10,12-13,17H2,1-3H3/t18-/m1/s1. The van der Waals surface area contributed by atoms with E-state index in [1.54, 1.807) is 44.3 Å². The van der Waals surface area contributed by atoms with Gasteiger partial charge in [0.05, 0.1) is 25.4 Å². The summed E-state index contributed by atoms with van der Waals surface area (Å²) in [6, 6.07) is 11.1. The minimum Gasteiger partial charge on any atom is -0.496 e. The lowest BCUT2D eigenvalue weighted by molar-refractivity contribution is -0.132. The van der Waals surface area contributed by atoms with E-state index in [-0.39, 0.29) is 23.2 Å². The van der Waals surface area contributed by atoms with E-state index in [2.05, 4.69) is 15.3 Å². The van der Waals surface area contributed by atoms with Crippen molar-refractivity contribution >= 4 is 22.7 Å². The first-order chi connectivity index (χ1) is 18.4. The minimum atomic E-state index is -0.390. The summed E-state index contributed by atoms with van der Waals surface area (Å²) in [6.45, 7) is 1.51. The number of para-hydroxylation sites is 1. The number of H-pyrrole nitrogens is 1. The first-order valence-electron chi connectivity index (χ1n) is 12.7. The molecule has 0 bridgehead atoms. The molecule has 198 valence electrons. The molecule has 9 nitrogen and oxygen atoms in total. The molecule has 38 heavy (non-hydrogen) atoms. The number of nitrogens with zero attached hydrogens (tertiary/aromatic N) is 5. The molecule has 0 spiro atoms. The van der Waals surface area contributed by atoms with Crippen LogP contribution < -0.4 is 4.74 Å². The van der Waals surface area contributed by atoms with Crippen LogP contribution >= 0.6 is 0 Å². The average molecular weight is 519 g/mol. The topological polar surface area (TPSA) is 96.3 Å². The molecule has 1 aliphatic rings. The molecule has 2 aromatic carbocycles. The van der Waals surface area contributed by atoms with Gasteiger partial charge >= 0.3 is 0 Å². The Hall–Kier alpha value is -4.21. The Labute approximate surface area is 220 Å². The number of hydrogen-bond donors (Lipinski definition) is 1. The molecule has 1 atom stereocenters. The van der Waals surface area contributed by atoms with Crippen molar-refractivity contribution < 1.29 is 18.7 Å². The molecule has 1 fully saturated rings. The average Bonchev–Trinajstić information content (AvgIpc) is 3.62. The van der Waals surface area contributed by atoms with Gasteiger partial charge in [0.15, 0.2) is 5.82 Å². The number of carbonyl (C=O) groups excluding carboxylic acids is 2. The Kier molecular flexibility index (Phi) is 7.13. The number of aryl methyl sites for hydroxylation is 1. The van der Waals surface area contributed by atoms with Gasteiger partial charge in [0.2, 0.25) is 5.91 Å². The van der Waals surface area contributed by atoms with Crippen LogP contribution in [0.3, 0.4) is 0 Å². The van der Waals surface area contributed by atoms with Gasteiger partial charge in [-0.1, -0.05) is 23.4 Å². The summed E-state index contributed by atoms with van der Waals surface area (Å²) in [7, 11) is 4.92. The van der Waals surface area contributed by atoms with Crippen molar-refractivity contribution in [1.29, 1.82) is 0 Å². The summed E-state index contributed by atoms with van der Waals surface area (Å²) in [6.07, 6.45) is 5.14. The quantitative estimate of drug-likeness (QED) is 0.398. The van der Waals surface area contributed by atoms with Gasteiger partial charge in [-0.05, 0) is 42.2 Å². The van der Waals surface area contributed by atoms with Gasteiger partial charge in [0.25, 0.3) is 5.91 Å². The number of aromatic amines is 1. The van der Waals surface area contributed by atoms with Crippen LogP contribution in [0.2, 0.25) is 0 Å². The number of ether oxygens (including phenoxy) is 1. The summed E-state index contributed by atoms with van der Waals surface area (Å²) >= 11 is 0. The maximum atomic E-state index is 16.2. The van der Waals surface area contributed by atoms with E-state index >= 15 is 4.39 Å². The first kappa shape index (κ1) is 25.4. The van der Waals surface area contributed by atoms with Crippen LogP contribution in [-0.4, -0.2) is 75.9 Å². The van der Waals surface area contributed by atoms with E-state index in [0.29, 0.717) is 48.4 Å². The number of piperidine rings is 1. The number of fused-ring (bicyclic) bond motifs is 1. The lowest BCUT2D eigenvalue weighted by Crippen LogP contribution is -2.39. The first-order valence-corrected chi connectivity index (χ1v) is 12.7. The highest BCUT2D eigenvalue weighted by molar-refractivity contribution is 6.04. The third kappa shape index (κ3) is 4.85. The molecule has 2 aromatic heterocycles. The Morgan fingerprint density at radius 2 is 2.03 bits per heavy atom. The van der Waals surface area contributed by atoms with E-state index in [1.165, 1.54) is 4.90 Å². The molecule has 1 N–H and O–H groups in total.